The van der Waals surface area contributed by atoms with Crippen molar-refractivity contribution in [3.05, 3.63) is 36.4 Å². The molecule has 2 rings (SSSR count). The summed E-state index contributed by atoms with van der Waals surface area (Å²) >= 11 is 3.65. The van der Waals surface area contributed by atoms with Gasteiger partial charge in [0.15, 0.2) is 0 Å². The van der Waals surface area contributed by atoms with Gasteiger partial charge in [0.2, 0.25) is 0 Å². The fraction of sp³-hybridized carbons (Fsp3) is 0.421. The summed E-state index contributed by atoms with van der Waals surface area (Å²) < 4.78 is 0. The first-order valence-electron chi connectivity index (χ1n) is 10.3. The lowest BCUT2D eigenvalue weighted by atomic mass is 10.2. The number of hydrogen-bond acceptors (Lipinski definition) is 12. The maximum absolute atomic E-state index is 10.3. The summed E-state index contributed by atoms with van der Waals surface area (Å²) in [6, 6.07) is -3.81. The minimum atomic E-state index is -1.29. The second kappa shape index (κ2) is 20.1. The fourth-order valence-corrected chi connectivity index (χ4v) is 1.95. The molecule has 0 bridgehead atoms. The van der Waals surface area contributed by atoms with Gasteiger partial charge in [-0.15, -0.1) is 0 Å². The molecule has 2 aromatic rings. The normalized spacial score (nSPS) is 12.9. The van der Waals surface area contributed by atoms with Crippen molar-refractivity contribution in [3.63, 3.8) is 0 Å². The Labute approximate surface area is 220 Å². The third kappa shape index (κ3) is 19.2. The lowest BCUT2D eigenvalue weighted by Crippen LogP contribution is -2.32. The molecule has 0 aliphatic heterocycles. The second-order valence-corrected chi connectivity index (χ2v) is 7.49. The molecule has 0 aliphatic rings. The monoisotopic (exact) mass is 564 g/mol. The second-order valence-electron chi connectivity index (χ2n) is 7.12. The van der Waals surface area contributed by atoms with Crippen LogP contribution in [0.4, 0.5) is 0 Å². The number of aliphatic carboxylic acids is 5. The first-order chi connectivity index (χ1) is 17.6. The predicted molar refractivity (Wildman–Crippen MR) is 133 cm³/mol. The zero-order chi connectivity index (χ0) is 29.8. The van der Waals surface area contributed by atoms with Crippen LogP contribution in [0.3, 0.4) is 0 Å². The lowest BCUT2D eigenvalue weighted by molar-refractivity contribution is -0.144. The molecule has 0 fully saturated rings. The predicted octanol–water partition coefficient (Wildman–Crippen LogP) is -3.07. The van der Waals surface area contributed by atoms with Gasteiger partial charge in [0.05, 0.1) is 19.1 Å². The molecule has 2 aromatic heterocycles. The summed E-state index contributed by atoms with van der Waals surface area (Å²) in [4.78, 5) is 62.9. The molecular formula is C19H32N8O10S. The highest BCUT2D eigenvalue weighted by Gasteiger charge is 2.15. The highest BCUT2D eigenvalue weighted by Crippen LogP contribution is 1.96. The Balaban J connectivity index is 0. The average molecular weight is 565 g/mol. The molecule has 2 heterocycles. The lowest BCUT2D eigenvalue weighted by Gasteiger charge is -2.02. The molecule has 0 aromatic carbocycles. The Bertz CT molecular complexity index is 922. The van der Waals surface area contributed by atoms with Gasteiger partial charge in [-0.3, -0.25) is 24.0 Å². The molecule has 0 saturated carbocycles. The minimum Gasteiger partial charge on any atom is -0.481 e. The summed E-state index contributed by atoms with van der Waals surface area (Å²) in [5.41, 5.74) is 21.8. The van der Waals surface area contributed by atoms with E-state index >= 15 is 0 Å². The summed E-state index contributed by atoms with van der Waals surface area (Å²) in [6.45, 7) is 0. The Morgan fingerprint density at radius 2 is 1.03 bits per heavy atom. The van der Waals surface area contributed by atoms with Crippen molar-refractivity contribution in [1.82, 2.24) is 19.9 Å². The standard InChI is InChI=1S/2C6H9N3O2.C4H7NO4.C3H7NO2S/c2*7-5(6(10)11)1-4-2-8-3-9-4;5-2(4(8)9)1-3(6)7;4-2(1-7)3(5)6/h2*2-3,5H,1,7H2,(H,8,9)(H,10,11);2H,1,5H2,(H,6,7)(H,8,9);2,7H,1,4H2,(H,5,6). The maximum atomic E-state index is 10.3. The van der Waals surface area contributed by atoms with Crippen molar-refractivity contribution in [3.8, 4) is 0 Å². The van der Waals surface area contributed by atoms with Gasteiger partial charge in [0.1, 0.15) is 24.2 Å². The molecule has 18 nitrogen and oxygen atoms in total. The van der Waals surface area contributed by atoms with Gasteiger partial charge >= 0.3 is 29.8 Å². The smallest absolute Gasteiger partial charge is 0.321 e. The van der Waals surface area contributed by atoms with Crippen LogP contribution in [0.1, 0.15) is 17.8 Å². The zero-order valence-corrected chi connectivity index (χ0v) is 20.8. The van der Waals surface area contributed by atoms with E-state index in [1.54, 1.807) is 12.4 Å². The number of nitrogens with zero attached hydrogens (tertiary/aromatic N) is 2. The Hall–Kier alpha value is -4.04. The van der Waals surface area contributed by atoms with Crippen molar-refractivity contribution < 1.29 is 49.5 Å². The van der Waals surface area contributed by atoms with Crippen molar-refractivity contribution in [1.29, 1.82) is 0 Å². The quantitative estimate of drug-likeness (QED) is 0.120. The van der Waals surface area contributed by atoms with E-state index in [-0.39, 0.29) is 18.6 Å². The third-order valence-corrected chi connectivity index (χ3v) is 4.24. The van der Waals surface area contributed by atoms with E-state index in [4.69, 9.17) is 48.5 Å². The number of carbonyl (C=O) groups is 5. The number of thiol groups is 1. The van der Waals surface area contributed by atoms with Crippen molar-refractivity contribution >= 4 is 42.5 Å². The van der Waals surface area contributed by atoms with Crippen LogP contribution >= 0.6 is 12.6 Å². The third-order valence-electron chi connectivity index (χ3n) is 3.85. The number of carboxylic acids is 5. The van der Waals surface area contributed by atoms with Crippen LogP contribution in [-0.4, -0.2) is 105 Å². The van der Waals surface area contributed by atoms with Crippen LogP contribution in [0.25, 0.3) is 0 Å². The van der Waals surface area contributed by atoms with Crippen LogP contribution in [-0.2, 0) is 36.8 Å². The molecule has 19 heteroatoms. The molecule has 15 N–H and O–H groups in total. The van der Waals surface area contributed by atoms with Crippen molar-refractivity contribution in [2.24, 2.45) is 22.9 Å². The van der Waals surface area contributed by atoms with Crippen LogP contribution in [0.5, 0.6) is 0 Å². The molecular weight excluding hydrogens is 532 g/mol. The molecule has 0 saturated heterocycles. The van der Waals surface area contributed by atoms with Gasteiger partial charge in [-0.1, -0.05) is 0 Å². The molecule has 0 amide bonds. The van der Waals surface area contributed by atoms with E-state index in [9.17, 15) is 24.0 Å². The van der Waals surface area contributed by atoms with E-state index in [1.165, 1.54) is 12.7 Å². The van der Waals surface area contributed by atoms with Gasteiger partial charge in [-0.2, -0.15) is 12.6 Å². The maximum Gasteiger partial charge on any atom is 0.321 e. The molecule has 214 valence electrons. The van der Waals surface area contributed by atoms with E-state index in [0.29, 0.717) is 0 Å². The Morgan fingerprint density at radius 3 is 1.18 bits per heavy atom. The number of aromatic amines is 2. The number of rotatable bonds is 11. The highest BCUT2D eigenvalue weighted by molar-refractivity contribution is 7.80. The SMILES string of the molecule is NC(CC(=O)O)C(=O)O.NC(CS)C(=O)O.NC(Cc1cnc[nH]1)C(=O)O.NC(Cc1cnc[nH]1)C(=O)O. The number of H-pyrrole nitrogens is 2. The number of imidazole rings is 2. The number of carboxylic acid groups (broad SMARTS) is 5. The van der Waals surface area contributed by atoms with Gasteiger partial charge < -0.3 is 58.4 Å². The molecule has 38 heavy (non-hydrogen) atoms. The van der Waals surface area contributed by atoms with Gasteiger partial charge in [0.25, 0.3) is 0 Å². The number of aromatic nitrogens is 4. The van der Waals surface area contributed by atoms with Crippen molar-refractivity contribution in [2.75, 3.05) is 5.75 Å². The summed E-state index contributed by atoms with van der Waals surface area (Å²) in [5, 5.41) is 40.9. The fourth-order valence-electron chi connectivity index (χ4n) is 1.79. The van der Waals surface area contributed by atoms with Crippen molar-refractivity contribution in [2.45, 2.75) is 43.4 Å². The molecule has 4 unspecified atom stereocenters. The molecule has 0 spiro atoms. The van der Waals surface area contributed by atoms with E-state index in [1.807, 2.05) is 0 Å². The molecule has 0 aliphatic carbocycles. The summed E-state index contributed by atoms with van der Waals surface area (Å²) in [5.74, 6) is -5.31. The van der Waals surface area contributed by atoms with Gasteiger partial charge in [0, 0.05) is 42.4 Å². The van der Waals surface area contributed by atoms with E-state index in [0.717, 1.165) is 11.4 Å². The Morgan fingerprint density at radius 1 is 0.684 bits per heavy atom. The number of hydrogen-bond donors (Lipinski definition) is 12. The van der Waals surface area contributed by atoms with E-state index < -0.39 is 60.4 Å². The summed E-state index contributed by atoms with van der Waals surface area (Å²) in [7, 11) is 0. The average Bonchev–Trinajstić information content (AvgIpc) is 3.53. The highest BCUT2D eigenvalue weighted by atomic mass is 32.1. The zero-order valence-electron chi connectivity index (χ0n) is 19.9. The van der Waals surface area contributed by atoms with Gasteiger partial charge in [-0.05, 0) is 0 Å². The van der Waals surface area contributed by atoms with Crippen LogP contribution in [0.15, 0.2) is 25.0 Å². The van der Waals surface area contributed by atoms with E-state index in [2.05, 4.69) is 32.6 Å². The first-order valence-corrected chi connectivity index (χ1v) is 11.0. The number of nitrogens with one attached hydrogen (secondary N) is 2. The van der Waals surface area contributed by atoms with Crippen LogP contribution in [0.2, 0.25) is 0 Å². The molecule has 4 atom stereocenters. The number of nitrogens with two attached hydrogens (primary N) is 4. The van der Waals surface area contributed by atoms with Gasteiger partial charge in [-0.25, -0.2) is 9.97 Å². The largest absolute Gasteiger partial charge is 0.481 e. The Kier molecular flexibility index (Phi) is 19.1. The minimum absolute atomic E-state index is 0.190. The van der Waals surface area contributed by atoms with Crippen LogP contribution < -0.4 is 22.9 Å². The molecule has 0 radical (unpaired) electrons. The topological polar surface area (TPSA) is 348 Å². The van der Waals surface area contributed by atoms with Crippen LogP contribution in [0, 0.1) is 0 Å². The summed E-state index contributed by atoms with van der Waals surface area (Å²) in [6.07, 6.45) is 6.14. The first kappa shape index (κ1) is 36.1.